The van der Waals surface area contributed by atoms with Crippen LogP contribution in [0.4, 0.5) is 5.13 Å². The normalized spacial score (nSPS) is 14.3. The number of nitrogens with one attached hydrogen (secondary N) is 1. The van der Waals surface area contributed by atoms with Gasteiger partial charge in [0.25, 0.3) is 0 Å². The van der Waals surface area contributed by atoms with E-state index in [1.54, 1.807) is 17.4 Å². The van der Waals surface area contributed by atoms with Crippen LogP contribution in [0.1, 0.15) is 46.2 Å². The minimum Gasteiger partial charge on any atom is -0.356 e. The maximum atomic E-state index is 6.42. The molecule has 2 aromatic rings. The van der Waals surface area contributed by atoms with Crippen molar-refractivity contribution in [3.05, 3.63) is 56.1 Å². The molecule has 27 heavy (non-hydrogen) atoms. The second-order valence-electron chi connectivity index (χ2n) is 6.75. The highest BCUT2D eigenvalue weighted by Crippen LogP contribution is 2.41. The molecule has 1 unspecified atom stereocenters. The van der Waals surface area contributed by atoms with Crippen LogP contribution in [0.15, 0.2) is 40.4 Å². The molecule has 2 nitrogen and oxygen atoms in total. The number of hydrogen-bond donors (Lipinski definition) is 1. The summed E-state index contributed by atoms with van der Waals surface area (Å²) in [6.45, 7) is 10.00. The number of nitrogens with zero attached hydrogens (tertiary/aromatic N) is 1. The Morgan fingerprint density at radius 2 is 1.89 bits per heavy atom. The van der Waals surface area contributed by atoms with E-state index in [9.17, 15) is 0 Å². The summed E-state index contributed by atoms with van der Waals surface area (Å²) in [6.07, 6.45) is 1.86. The first-order valence-electron chi connectivity index (χ1n) is 8.62. The average molecular weight is 440 g/mol. The smallest absolute Gasteiger partial charge is 0.183 e. The summed E-state index contributed by atoms with van der Waals surface area (Å²) in [5.74, 6) is 0.255. The molecule has 2 radical (unpaired) electrons. The van der Waals surface area contributed by atoms with E-state index in [0.717, 1.165) is 32.3 Å². The molecule has 0 spiro atoms. The molecule has 7 heteroatoms. The molecule has 0 saturated carbocycles. The maximum absolute atomic E-state index is 6.42. The van der Waals surface area contributed by atoms with Crippen LogP contribution in [0.2, 0.25) is 10.0 Å². The number of benzene rings is 1. The summed E-state index contributed by atoms with van der Waals surface area (Å²) in [6, 6.07) is 5.44. The number of halogens is 3. The van der Waals surface area contributed by atoms with E-state index in [1.807, 2.05) is 39.0 Å². The van der Waals surface area contributed by atoms with E-state index < -0.39 is 0 Å². The number of anilines is 1. The van der Waals surface area contributed by atoms with Crippen molar-refractivity contribution in [2.24, 2.45) is 0 Å². The van der Waals surface area contributed by atoms with Crippen molar-refractivity contribution in [3.8, 4) is 10.4 Å². The van der Waals surface area contributed by atoms with Crippen molar-refractivity contribution >= 4 is 59.1 Å². The minimum absolute atomic E-state index is 0.0861. The first-order valence-corrected chi connectivity index (χ1v) is 10.6. The van der Waals surface area contributed by atoms with Crippen LogP contribution in [-0.2, 0) is 0 Å². The Kier molecular flexibility index (Phi) is 7.88. The molecule has 1 atom stereocenters. The van der Waals surface area contributed by atoms with Gasteiger partial charge >= 0.3 is 0 Å². The molecule has 0 aliphatic heterocycles. The number of aromatic nitrogens is 1. The summed E-state index contributed by atoms with van der Waals surface area (Å²) < 4.78 is 0. The van der Waals surface area contributed by atoms with Gasteiger partial charge < -0.3 is 5.32 Å². The molecular formula is C20H22BCl3N2S. The van der Waals surface area contributed by atoms with Crippen molar-refractivity contribution in [1.82, 2.24) is 4.98 Å². The molecule has 1 aromatic heterocycles. The fraction of sp³-hybridized carbons (Fsp3) is 0.350. The van der Waals surface area contributed by atoms with E-state index in [4.69, 9.17) is 47.6 Å². The Hall–Kier alpha value is -0.935. The van der Waals surface area contributed by atoms with E-state index in [-0.39, 0.29) is 12.0 Å². The van der Waals surface area contributed by atoms with Crippen LogP contribution in [-0.4, -0.2) is 18.9 Å². The lowest BCUT2D eigenvalue weighted by molar-refractivity contribution is 0.832. The zero-order valence-corrected chi connectivity index (χ0v) is 19.1. The van der Waals surface area contributed by atoms with Crippen LogP contribution >= 0.6 is 46.1 Å². The van der Waals surface area contributed by atoms with Gasteiger partial charge in [-0.2, -0.15) is 0 Å². The van der Waals surface area contributed by atoms with Crippen molar-refractivity contribution in [3.63, 3.8) is 0 Å². The number of rotatable bonds is 6. The molecular weight excluding hydrogens is 417 g/mol. The lowest BCUT2D eigenvalue weighted by Crippen LogP contribution is -2.19. The number of allylic oxidation sites excluding steroid dienone is 3. The fourth-order valence-corrected chi connectivity index (χ4v) is 4.61. The highest BCUT2D eigenvalue weighted by Gasteiger charge is 2.19. The Labute approximate surface area is 182 Å². The van der Waals surface area contributed by atoms with Crippen molar-refractivity contribution < 1.29 is 0 Å². The third kappa shape index (κ3) is 5.77. The first-order chi connectivity index (χ1) is 12.6. The Morgan fingerprint density at radius 1 is 1.22 bits per heavy atom. The average Bonchev–Trinajstić information content (AvgIpc) is 2.97. The van der Waals surface area contributed by atoms with Gasteiger partial charge in [-0.15, -0.1) is 0 Å². The molecule has 1 heterocycles. The quantitative estimate of drug-likeness (QED) is 0.370. The van der Waals surface area contributed by atoms with E-state index in [2.05, 4.69) is 19.2 Å². The highest BCUT2D eigenvalue weighted by atomic mass is 35.5. The number of hydrogen-bond acceptors (Lipinski definition) is 3. The van der Waals surface area contributed by atoms with Crippen LogP contribution in [0, 0.1) is 0 Å². The Morgan fingerprint density at radius 3 is 2.44 bits per heavy atom. The zero-order chi connectivity index (χ0) is 20.3. The highest BCUT2D eigenvalue weighted by molar-refractivity contribution is 7.19. The topological polar surface area (TPSA) is 24.9 Å². The van der Waals surface area contributed by atoms with E-state index in [0.29, 0.717) is 15.1 Å². The van der Waals surface area contributed by atoms with Crippen molar-refractivity contribution in [2.75, 3.05) is 5.32 Å². The third-order valence-corrected chi connectivity index (χ3v) is 5.75. The van der Waals surface area contributed by atoms with Gasteiger partial charge in [-0.3, -0.25) is 0 Å². The predicted molar refractivity (Wildman–Crippen MR) is 123 cm³/mol. The summed E-state index contributed by atoms with van der Waals surface area (Å²) in [4.78, 5) is 5.83. The molecule has 0 aliphatic rings. The molecule has 0 saturated heterocycles. The summed E-state index contributed by atoms with van der Waals surface area (Å²) >= 11 is 20.0. The zero-order valence-electron chi connectivity index (χ0n) is 16.0. The molecule has 0 aliphatic carbocycles. The predicted octanol–water partition coefficient (Wildman–Crippen LogP) is 7.63. The number of thiazole rings is 1. The maximum Gasteiger partial charge on any atom is 0.183 e. The summed E-state index contributed by atoms with van der Waals surface area (Å²) in [5, 5.41) is 6.12. The molecule has 2 rings (SSSR count). The summed E-state index contributed by atoms with van der Waals surface area (Å²) in [5.41, 5.74) is 3.59. The molecule has 1 aromatic carbocycles. The molecule has 142 valence electrons. The van der Waals surface area contributed by atoms with E-state index >= 15 is 0 Å². The third-order valence-electron chi connectivity index (χ3n) is 4.05. The second kappa shape index (κ2) is 9.51. The monoisotopic (exact) mass is 438 g/mol. The largest absolute Gasteiger partial charge is 0.356 e. The van der Waals surface area contributed by atoms with Crippen molar-refractivity contribution in [2.45, 2.75) is 46.6 Å². The van der Waals surface area contributed by atoms with E-state index in [1.165, 1.54) is 0 Å². The van der Waals surface area contributed by atoms with Gasteiger partial charge in [0.2, 0.25) is 0 Å². The van der Waals surface area contributed by atoms with Gasteiger partial charge in [-0.25, -0.2) is 4.98 Å². The summed E-state index contributed by atoms with van der Waals surface area (Å²) in [7, 11) is 6.27. The van der Waals surface area contributed by atoms with Gasteiger partial charge in [-0.1, -0.05) is 77.1 Å². The standard InChI is InChI=1S/C20H22BCl3N2S/c1-10(2)18-19(15-7-6-14(23)9-16(15)24)27-20(26-18)25-13(5)17(21)11(3)8-12(4)22/h6-10,13H,1-5H3,(H,25,26)/b12-8+,17-11+. The van der Waals surface area contributed by atoms with Gasteiger partial charge in [0.05, 0.1) is 15.6 Å². The molecule has 1 N–H and O–H groups in total. The Balaban J connectivity index is 2.39. The van der Waals surface area contributed by atoms with Crippen LogP contribution < -0.4 is 5.32 Å². The van der Waals surface area contributed by atoms with Gasteiger partial charge in [0.15, 0.2) is 5.13 Å². The molecule has 0 fully saturated rings. The second-order valence-corrected chi connectivity index (χ2v) is 9.19. The lowest BCUT2D eigenvalue weighted by atomic mass is 9.85. The lowest BCUT2D eigenvalue weighted by Gasteiger charge is -2.16. The molecule has 0 amide bonds. The SMILES string of the molecule is [B]/C(=C(C)/C=C(\C)Cl)C(C)Nc1nc(C(C)C)c(-c2ccc(Cl)cc2Cl)s1. The van der Waals surface area contributed by atoms with Gasteiger partial charge in [0.1, 0.15) is 7.85 Å². The van der Waals surface area contributed by atoms with Crippen LogP contribution in [0.3, 0.4) is 0 Å². The van der Waals surface area contributed by atoms with Gasteiger partial charge in [0, 0.05) is 21.7 Å². The van der Waals surface area contributed by atoms with Crippen LogP contribution in [0.5, 0.6) is 0 Å². The minimum atomic E-state index is -0.0861. The molecule has 0 bridgehead atoms. The van der Waals surface area contributed by atoms with Crippen LogP contribution in [0.25, 0.3) is 10.4 Å². The Bertz CT molecular complexity index is 883. The fourth-order valence-electron chi connectivity index (χ4n) is 2.64. The van der Waals surface area contributed by atoms with Crippen molar-refractivity contribution in [1.29, 1.82) is 0 Å². The van der Waals surface area contributed by atoms with Gasteiger partial charge in [-0.05, 0) is 44.9 Å². The first kappa shape index (κ1) is 22.4.